The molecule has 3 fully saturated rings. The summed E-state index contributed by atoms with van der Waals surface area (Å²) in [6.45, 7) is 4.65. The van der Waals surface area contributed by atoms with Crippen LogP contribution in [0.2, 0.25) is 0 Å². The molecule has 2 aromatic rings. The summed E-state index contributed by atoms with van der Waals surface area (Å²) < 4.78 is 5.42. The largest absolute Gasteiger partial charge is 0.379 e. The van der Waals surface area contributed by atoms with Crippen molar-refractivity contribution in [2.45, 2.75) is 50.6 Å². The topological polar surface area (TPSA) is 61.9 Å². The van der Waals surface area contributed by atoms with E-state index in [1.54, 1.807) is 0 Å². The number of carbonyl (C=O) groups is 2. The number of morpholine rings is 1. The van der Waals surface area contributed by atoms with Crippen LogP contribution in [-0.4, -0.2) is 66.5 Å². The zero-order chi connectivity index (χ0) is 23.3. The summed E-state index contributed by atoms with van der Waals surface area (Å²) in [6, 6.07) is 17.3. The molecule has 180 valence electrons. The van der Waals surface area contributed by atoms with Gasteiger partial charge in [-0.25, -0.2) is 0 Å². The Morgan fingerprint density at radius 1 is 0.941 bits per heavy atom. The van der Waals surface area contributed by atoms with E-state index in [4.69, 9.17) is 4.74 Å². The van der Waals surface area contributed by atoms with Crippen LogP contribution in [0, 0.1) is 5.92 Å². The number of benzene rings is 2. The van der Waals surface area contributed by atoms with E-state index in [9.17, 15) is 9.59 Å². The van der Waals surface area contributed by atoms with Gasteiger partial charge in [0.2, 0.25) is 5.91 Å². The summed E-state index contributed by atoms with van der Waals surface area (Å²) in [5.74, 6) is 0.327. The van der Waals surface area contributed by atoms with Gasteiger partial charge in [0.1, 0.15) is 6.04 Å². The zero-order valence-electron chi connectivity index (χ0n) is 19.8. The van der Waals surface area contributed by atoms with Gasteiger partial charge in [0.05, 0.1) is 13.2 Å². The van der Waals surface area contributed by atoms with Crippen LogP contribution in [0.4, 0.5) is 5.69 Å². The average molecular weight is 462 g/mol. The van der Waals surface area contributed by atoms with Gasteiger partial charge in [-0.3, -0.25) is 14.5 Å². The summed E-state index contributed by atoms with van der Waals surface area (Å²) in [5, 5.41) is 3.10. The van der Waals surface area contributed by atoms with Crippen LogP contribution in [-0.2, 0) is 16.0 Å². The second-order valence-corrected chi connectivity index (χ2v) is 9.83. The second-order valence-electron chi connectivity index (χ2n) is 9.83. The minimum Gasteiger partial charge on any atom is -0.379 e. The highest BCUT2D eigenvalue weighted by atomic mass is 16.5. The predicted octanol–water partition coefficient (Wildman–Crippen LogP) is 3.97. The van der Waals surface area contributed by atoms with Gasteiger partial charge in [-0.15, -0.1) is 0 Å². The highest BCUT2D eigenvalue weighted by molar-refractivity contribution is 6.01. The van der Waals surface area contributed by atoms with Crippen molar-refractivity contribution in [3.63, 3.8) is 0 Å². The minimum atomic E-state index is -0.415. The molecular formula is C28H35N3O3. The van der Waals surface area contributed by atoms with Gasteiger partial charge in [0.15, 0.2) is 0 Å². The number of anilines is 1. The van der Waals surface area contributed by atoms with Crippen molar-refractivity contribution < 1.29 is 14.3 Å². The normalized spacial score (nSPS) is 25.1. The molecule has 2 aliphatic heterocycles. The Hall–Kier alpha value is -2.70. The molecule has 1 aliphatic carbocycles. The number of fused-ring (bicyclic) bond motifs is 1. The third-order valence-corrected chi connectivity index (χ3v) is 7.69. The Morgan fingerprint density at radius 2 is 1.68 bits per heavy atom. The van der Waals surface area contributed by atoms with E-state index in [1.807, 2.05) is 47.4 Å². The van der Waals surface area contributed by atoms with E-state index in [0.29, 0.717) is 11.5 Å². The summed E-state index contributed by atoms with van der Waals surface area (Å²) in [4.78, 5) is 31.2. The van der Waals surface area contributed by atoms with Crippen LogP contribution in [0.5, 0.6) is 0 Å². The number of rotatable bonds is 6. The molecule has 2 amide bonds. The Bertz CT molecular complexity index is 972. The molecule has 6 heteroatoms. The molecule has 1 saturated carbocycles. The summed E-state index contributed by atoms with van der Waals surface area (Å²) >= 11 is 0. The van der Waals surface area contributed by atoms with Crippen LogP contribution in [0.3, 0.4) is 0 Å². The SMILES string of the molecule is O=C(Nc1ccc(CCN2CCOCC2)cc1)C1CC2CCCCC2N1C(=O)c1ccccc1. The number of nitrogens with one attached hydrogen (secondary N) is 1. The van der Waals surface area contributed by atoms with Gasteiger partial charge in [-0.1, -0.05) is 43.2 Å². The highest BCUT2D eigenvalue weighted by Crippen LogP contribution is 2.40. The van der Waals surface area contributed by atoms with Crippen LogP contribution in [0.15, 0.2) is 54.6 Å². The summed E-state index contributed by atoms with van der Waals surface area (Å²) in [6.07, 6.45) is 6.15. The van der Waals surface area contributed by atoms with E-state index >= 15 is 0 Å². The van der Waals surface area contributed by atoms with Gasteiger partial charge < -0.3 is 15.0 Å². The van der Waals surface area contributed by atoms with Crippen molar-refractivity contribution in [2.24, 2.45) is 5.92 Å². The quantitative estimate of drug-likeness (QED) is 0.707. The fourth-order valence-corrected chi connectivity index (χ4v) is 5.81. The Kier molecular flexibility index (Phi) is 7.26. The summed E-state index contributed by atoms with van der Waals surface area (Å²) in [7, 11) is 0. The molecule has 2 saturated heterocycles. The lowest BCUT2D eigenvalue weighted by molar-refractivity contribution is -0.120. The smallest absolute Gasteiger partial charge is 0.254 e. The van der Waals surface area contributed by atoms with Crippen molar-refractivity contribution in [3.8, 4) is 0 Å². The highest BCUT2D eigenvalue weighted by Gasteiger charge is 2.47. The molecule has 2 heterocycles. The van der Waals surface area contributed by atoms with Crippen molar-refractivity contribution in [3.05, 3.63) is 65.7 Å². The zero-order valence-corrected chi connectivity index (χ0v) is 19.8. The number of hydrogen-bond donors (Lipinski definition) is 1. The predicted molar refractivity (Wildman–Crippen MR) is 133 cm³/mol. The molecule has 3 aliphatic rings. The van der Waals surface area contributed by atoms with Gasteiger partial charge in [0, 0.05) is 36.9 Å². The van der Waals surface area contributed by atoms with Crippen LogP contribution < -0.4 is 5.32 Å². The van der Waals surface area contributed by atoms with Crippen LogP contribution in [0.25, 0.3) is 0 Å². The number of hydrogen-bond acceptors (Lipinski definition) is 4. The molecule has 34 heavy (non-hydrogen) atoms. The molecule has 0 radical (unpaired) electrons. The van der Waals surface area contributed by atoms with Crippen molar-refractivity contribution in [1.82, 2.24) is 9.80 Å². The average Bonchev–Trinajstić information content (AvgIpc) is 3.29. The molecule has 5 rings (SSSR count). The second kappa shape index (κ2) is 10.7. The molecule has 3 unspecified atom stereocenters. The number of amides is 2. The van der Waals surface area contributed by atoms with Crippen LogP contribution >= 0.6 is 0 Å². The number of likely N-dealkylation sites (tertiary alicyclic amines) is 1. The lowest BCUT2D eigenvalue weighted by Crippen LogP contribution is -2.47. The third kappa shape index (κ3) is 5.18. The Balaban J connectivity index is 1.24. The molecule has 0 spiro atoms. The van der Waals surface area contributed by atoms with E-state index in [2.05, 4.69) is 22.3 Å². The maximum atomic E-state index is 13.5. The van der Waals surface area contributed by atoms with E-state index in [-0.39, 0.29) is 17.9 Å². The lowest BCUT2D eigenvalue weighted by Gasteiger charge is -2.33. The first-order valence-electron chi connectivity index (χ1n) is 12.8. The molecule has 3 atom stereocenters. The van der Waals surface area contributed by atoms with Gasteiger partial charge in [0.25, 0.3) is 5.91 Å². The van der Waals surface area contributed by atoms with Crippen LogP contribution in [0.1, 0.15) is 48.0 Å². The monoisotopic (exact) mass is 461 g/mol. The maximum Gasteiger partial charge on any atom is 0.254 e. The fourth-order valence-electron chi connectivity index (χ4n) is 5.81. The number of ether oxygens (including phenoxy) is 1. The Morgan fingerprint density at radius 3 is 2.44 bits per heavy atom. The first kappa shape index (κ1) is 23.1. The van der Waals surface area contributed by atoms with Crippen molar-refractivity contribution in [2.75, 3.05) is 38.2 Å². The first-order valence-corrected chi connectivity index (χ1v) is 12.8. The van der Waals surface area contributed by atoms with Gasteiger partial charge in [-0.2, -0.15) is 0 Å². The first-order chi connectivity index (χ1) is 16.7. The van der Waals surface area contributed by atoms with Crippen molar-refractivity contribution in [1.29, 1.82) is 0 Å². The molecule has 6 nitrogen and oxygen atoms in total. The molecule has 1 N–H and O–H groups in total. The minimum absolute atomic E-state index is 0.0198. The molecular weight excluding hydrogens is 426 g/mol. The standard InChI is InChI=1S/C28H35N3O3/c32-27(29-24-12-10-21(11-13-24)14-15-30-16-18-34-19-17-30)26-20-23-8-4-5-9-25(23)31(26)28(33)22-6-2-1-3-7-22/h1-3,6-7,10-13,23,25-26H,4-5,8-9,14-20H2,(H,29,32). The van der Waals surface area contributed by atoms with E-state index < -0.39 is 6.04 Å². The van der Waals surface area contributed by atoms with E-state index in [0.717, 1.165) is 70.6 Å². The fraction of sp³-hybridized carbons (Fsp3) is 0.500. The third-order valence-electron chi connectivity index (χ3n) is 7.69. The maximum absolute atomic E-state index is 13.5. The van der Waals surface area contributed by atoms with Gasteiger partial charge >= 0.3 is 0 Å². The van der Waals surface area contributed by atoms with Gasteiger partial charge in [-0.05, 0) is 61.4 Å². The Labute approximate surface area is 202 Å². The molecule has 2 aromatic carbocycles. The number of carbonyl (C=O) groups excluding carboxylic acids is 2. The lowest BCUT2D eigenvalue weighted by atomic mass is 9.84. The molecule has 0 aromatic heterocycles. The van der Waals surface area contributed by atoms with Crippen molar-refractivity contribution >= 4 is 17.5 Å². The van der Waals surface area contributed by atoms with E-state index in [1.165, 1.54) is 12.0 Å². The summed E-state index contributed by atoms with van der Waals surface area (Å²) in [5.41, 5.74) is 2.72. The molecule has 0 bridgehead atoms. The number of nitrogens with zero attached hydrogens (tertiary/aromatic N) is 2.